The van der Waals surface area contributed by atoms with Gasteiger partial charge in [-0.2, -0.15) is 0 Å². The SMILES string of the molecule is Cc1ccc(Oc2cccnc2C(=O)O)c(Cl)c1. The van der Waals surface area contributed by atoms with E-state index in [1.54, 1.807) is 18.2 Å². The molecule has 2 rings (SSSR count). The van der Waals surface area contributed by atoms with Gasteiger partial charge in [0.1, 0.15) is 5.75 Å². The lowest BCUT2D eigenvalue weighted by Crippen LogP contribution is -2.02. The first-order valence-corrected chi connectivity index (χ1v) is 5.58. The molecule has 0 aliphatic rings. The molecule has 5 heteroatoms. The van der Waals surface area contributed by atoms with Gasteiger partial charge in [0, 0.05) is 6.20 Å². The van der Waals surface area contributed by atoms with Crippen LogP contribution < -0.4 is 4.74 Å². The van der Waals surface area contributed by atoms with Crippen LogP contribution in [-0.4, -0.2) is 16.1 Å². The van der Waals surface area contributed by atoms with Crippen molar-refractivity contribution < 1.29 is 14.6 Å². The van der Waals surface area contributed by atoms with Crippen molar-refractivity contribution in [2.24, 2.45) is 0 Å². The van der Waals surface area contributed by atoms with E-state index < -0.39 is 5.97 Å². The molecule has 1 heterocycles. The summed E-state index contributed by atoms with van der Waals surface area (Å²) >= 11 is 6.02. The van der Waals surface area contributed by atoms with Gasteiger partial charge < -0.3 is 9.84 Å². The number of aromatic carboxylic acids is 1. The van der Waals surface area contributed by atoms with Crippen molar-refractivity contribution in [3.05, 3.63) is 52.8 Å². The highest BCUT2D eigenvalue weighted by atomic mass is 35.5. The lowest BCUT2D eigenvalue weighted by atomic mass is 10.2. The topological polar surface area (TPSA) is 59.4 Å². The number of aromatic nitrogens is 1. The van der Waals surface area contributed by atoms with E-state index in [1.165, 1.54) is 12.3 Å². The van der Waals surface area contributed by atoms with Crippen molar-refractivity contribution in [1.82, 2.24) is 4.98 Å². The molecule has 4 nitrogen and oxygen atoms in total. The summed E-state index contributed by atoms with van der Waals surface area (Å²) in [6, 6.07) is 8.40. The van der Waals surface area contributed by atoms with E-state index in [-0.39, 0.29) is 11.4 Å². The molecule has 0 saturated heterocycles. The normalized spacial score (nSPS) is 10.1. The number of halogens is 1. The maximum absolute atomic E-state index is 11.0. The minimum absolute atomic E-state index is 0.144. The van der Waals surface area contributed by atoms with Crippen molar-refractivity contribution in [3.63, 3.8) is 0 Å². The molecule has 0 bridgehead atoms. The number of benzene rings is 1. The molecule has 0 spiro atoms. The number of rotatable bonds is 3. The number of hydrogen-bond acceptors (Lipinski definition) is 3. The predicted molar refractivity (Wildman–Crippen MR) is 67.5 cm³/mol. The highest BCUT2D eigenvalue weighted by Gasteiger charge is 2.14. The first-order valence-electron chi connectivity index (χ1n) is 5.20. The Balaban J connectivity index is 2.37. The molecule has 2 aromatic rings. The van der Waals surface area contributed by atoms with Gasteiger partial charge in [0.05, 0.1) is 5.02 Å². The fourth-order valence-corrected chi connectivity index (χ4v) is 1.71. The number of ether oxygens (including phenoxy) is 1. The summed E-state index contributed by atoms with van der Waals surface area (Å²) in [4.78, 5) is 14.7. The van der Waals surface area contributed by atoms with Crippen LogP contribution >= 0.6 is 11.6 Å². The van der Waals surface area contributed by atoms with Crippen LogP contribution in [0.1, 0.15) is 16.1 Å². The second-order valence-electron chi connectivity index (χ2n) is 3.69. The van der Waals surface area contributed by atoms with Crippen LogP contribution in [-0.2, 0) is 0 Å². The van der Waals surface area contributed by atoms with E-state index in [1.807, 2.05) is 13.0 Å². The summed E-state index contributed by atoms with van der Waals surface area (Å²) in [6.07, 6.45) is 1.40. The van der Waals surface area contributed by atoms with Crippen LogP contribution in [0.25, 0.3) is 0 Å². The van der Waals surface area contributed by atoms with Crippen molar-refractivity contribution in [1.29, 1.82) is 0 Å². The third kappa shape index (κ3) is 2.60. The smallest absolute Gasteiger partial charge is 0.358 e. The van der Waals surface area contributed by atoms with Gasteiger partial charge in [0.25, 0.3) is 0 Å². The minimum atomic E-state index is -1.14. The fraction of sp³-hybridized carbons (Fsp3) is 0.0769. The molecule has 0 atom stereocenters. The van der Waals surface area contributed by atoms with Crippen LogP contribution in [0, 0.1) is 6.92 Å². The fourth-order valence-electron chi connectivity index (χ4n) is 1.44. The Morgan fingerprint density at radius 1 is 1.33 bits per heavy atom. The Labute approximate surface area is 109 Å². The molecule has 1 N–H and O–H groups in total. The molecule has 18 heavy (non-hydrogen) atoms. The summed E-state index contributed by atoms with van der Waals surface area (Å²) < 4.78 is 5.48. The number of carboxylic acid groups (broad SMARTS) is 1. The highest BCUT2D eigenvalue weighted by molar-refractivity contribution is 6.32. The lowest BCUT2D eigenvalue weighted by Gasteiger charge is -2.09. The molecule has 1 aromatic heterocycles. The molecule has 1 aromatic carbocycles. The monoisotopic (exact) mass is 263 g/mol. The molecular weight excluding hydrogens is 254 g/mol. The largest absolute Gasteiger partial charge is 0.476 e. The van der Waals surface area contributed by atoms with Crippen LogP contribution in [0.2, 0.25) is 5.02 Å². The summed E-state index contributed by atoms with van der Waals surface area (Å²) in [5, 5.41) is 9.41. The van der Waals surface area contributed by atoms with Crippen LogP contribution in [0.3, 0.4) is 0 Å². The summed E-state index contributed by atoms with van der Waals surface area (Å²) in [6.45, 7) is 1.91. The van der Waals surface area contributed by atoms with Gasteiger partial charge in [-0.15, -0.1) is 0 Å². The van der Waals surface area contributed by atoms with Gasteiger partial charge >= 0.3 is 5.97 Å². The van der Waals surface area contributed by atoms with Gasteiger partial charge in [0.2, 0.25) is 0 Å². The first-order chi connectivity index (χ1) is 8.58. The summed E-state index contributed by atoms with van der Waals surface area (Å²) in [5.74, 6) is -0.581. The number of carboxylic acids is 1. The van der Waals surface area contributed by atoms with E-state index in [0.29, 0.717) is 10.8 Å². The molecule has 0 unspecified atom stereocenters. The zero-order chi connectivity index (χ0) is 13.1. The average molecular weight is 264 g/mol. The quantitative estimate of drug-likeness (QED) is 0.920. The lowest BCUT2D eigenvalue weighted by molar-refractivity contribution is 0.0687. The van der Waals surface area contributed by atoms with E-state index in [9.17, 15) is 4.79 Å². The number of nitrogens with zero attached hydrogens (tertiary/aromatic N) is 1. The molecule has 0 amide bonds. The van der Waals surface area contributed by atoms with Crippen molar-refractivity contribution in [2.75, 3.05) is 0 Å². The van der Waals surface area contributed by atoms with Crippen LogP contribution in [0.5, 0.6) is 11.5 Å². The third-order valence-corrected chi connectivity index (χ3v) is 2.58. The summed E-state index contributed by atoms with van der Waals surface area (Å²) in [5.41, 5.74) is 0.853. The van der Waals surface area contributed by atoms with E-state index in [4.69, 9.17) is 21.4 Å². The Morgan fingerprint density at radius 3 is 2.78 bits per heavy atom. The minimum Gasteiger partial charge on any atom is -0.476 e. The van der Waals surface area contributed by atoms with Crippen molar-refractivity contribution >= 4 is 17.6 Å². The predicted octanol–water partition coefficient (Wildman–Crippen LogP) is 3.53. The van der Waals surface area contributed by atoms with Gasteiger partial charge in [-0.05, 0) is 36.8 Å². The molecule has 0 aliphatic carbocycles. The molecule has 92 valence electrons. The Kier molecular flexibility index (Phi) is 3.48. The summed E-state index contributed by atoms with van der Waals surface area (Å²) in [7, 11) is 0. The van der Waals surface area contributed by atoms with Gasteiger partial charge in [-0.25, -0.2) is 9.78 Å². The number of aryl methyl sites for hydroxylation is 1. The third-order valence-electron chi connectivity index (χ3n) is 2.28. The second kappa shape index (κ2) is 5.06. The zero-order valence-corrected chi connectivity index (χ0v) is 10.3. The Bertz CT molecular complexity index is 599. The molecule has 0 saturated carbocycles. The van der Waals surface area contributed by atoms with Crippen molar-refractivity contribution in [3.8, 4) is 11.5 Å². The van der Waals surface area contributed by atoms with Crippen LogP contribution in [0.15, 0.2) is 36.5 Å². The van der Waals surface area contributed by atoms with Crippen LogP contribution in [0.4, 0.5) is 0 Å². The number of hydrogen-bond donors (Lipinski definition) is 1. The average Bonchev–Trinajstić information content (AvgIpc) is 2.33. The van der Waals surface area contributed by atoms with Gasteiger partial charge in [-0.3, -0.25) is 0 Å². The standard InChI is InChI=1S/C13H10ClNO3/c1-8-4-5-10(9(14)7-8)18-11-3-2-6-15-12(11)13(16)17/h2-7H,1H3,(H,16,17). The van der Waals surface area contributed by atoms with Crippen molar-refractivity contribution in [2.45, 2.75) is 6.92 Å². The zero-order valence-electron chi connectivity index (χ0n) is 9.55. The van der Waals surface area contributed by atoms with E-state index in [0.717, 1.165) is 5.56 Å². The van der Waals surface area contributed by atoms with E-state index in [2.05, 4.69) is 4.98 Å². The van der Waals surface area contributed by atoms with Gasteiger partial charge in [0.15, 0.2) is 11.4 Å². The molecular formula is C13H10ClNO3. The molecule has 0 fully saturated rings. The first kappa shape index (κ1) is 12.4. The highest BCUT2D eigenvalue weighted by Crippen LogP contribution is 2.31. The maximum atomic E-state index is 11.0. The maximum Gasteiger partial charge on any atom is 0.358 e. The molecule has 0 aliphatic heterocycles. The van der Waals surface area contributed by atoms with E-state index >= 15 is 0 Å². The number of pyridine rings is 1. The Hall–Kier alpha value is -2.07. The second-order valence-corrected chi connectivity index (χ2v) is 4.10. The Morgan fingerprint density at radius 2 is 2.11 bits per heavy atom. The number of carbonyl (C=O) groups is 1. The van der Waals surface area contributed by atoms with Gasteiger partial charge in [-0.1, -0.05) is 17.7 Å². The molecule has 0 radical (unpaired) electrons.